The molecule has 0 radical (unpaired) electrons. The second kappa shape index (κ2) is 15.6. The van der Waals surface area contributed by atoms with Gasteiger partial charge < -0.3 is 41.7 Å². The summed E-state index contributed by atoms with van der Waals surface area (Å²) in [6.45, 7) is 2.81. The largest absolute Gasteiger partial charge is 0.507 e. The van der Waals surface area contributed by atoms with Gasteiger partial charge in [-0.15, -0.1) is 37.2 Å². The van der Waals surface area contributed by atoms with E-state index in [9.17, 15) is 19.8 Å². The molecule has 196 valence electrons. The Labute approximate surface area is 221 Å². The van der Waals surface area contributed by atoms with Gasteiger partial charge >= 0.3 is 0 Å². The number of carbonyl (C=O) groups is 2. The van der Waals surface area contributed by atoms with E-state index in [1.807, 2.05) is 0 Å². The smallest absolute Gasteiger partial charge is 0.200 e. The van der Waals surface area contributed by atoms with E-state index >= 15 is 0 Å². The lowest BCUT2D eigenvalue weighted by molar-refractivity contribution is 0.0975. The molecule has 1 aliphatic carbocycles. The molecule has 2 aromatic rings. The van der Waals surface area contributed by atoms with E-state index in [4.69, 9.17) is 10.2 Å². The second-order valence-corrected chi connectivity index (χ2v) is 7.22. The molecule has 8 N–H and O–H groups in total. The van der Waals surface area contributed by atoms with E-state index < -0.39 is 11.6 Å². The second-order valence-electron chi connectivity index (χ2n) is 7.22. The molecule has 0 bridgehead atoms. The number of halogens is 3. The van der Waals surface area contributed by atoms with Crippen LogP contribution in [0.15, 0.2) is 24.3 Å². The summed E-state index contributed by atoms with van der Waals surface area (Å²) in [6.07, 6.45) is 0. The average Bonchev–Trinajstić information content (AvgIpc) is 2.78. The fourth-order valence-electron chi connectivity index (χ4n) is 3.64. The number of ketones is 2. The summed E-state index contributed by atoms with van der Waals surface area (Å²) in [5.74, 6) is -1.86. The van der Waals surface area contributed by atoms with Crippen LogP contribution in [-0.4, -0.2) is 84.5 Å². The molecular weight excluding hydrogens is 523 g/mol. The first-order chi connectivity index (χ1) is 15.5. The lowest BCUT2D eigenvalue weighted by Gasteiger charge is -2.25. The van der Waals surface area contributed by atoms with Gasteiger partial charge in [0.25, 0.3) is 0 Å². The SMILES string of the molecule is Cl.Cl.Cl.O=C1c2c(O)ccc(O)c2C(=O)c2c(NCCNCCO)ccc(NCCNCCO)c21. The highest BCUT2D eigenvalue weighted by atomic mass is 35.5. The highest BCUT2D eigenvalue weighted by molar-refractivity contribution is 6.33. The van der Waals surface area contributed by atoms with Crippen molar-refractivity contribution in [3.05, 3.63) is 46.5 Å². The molecule has 0 fully saturated rings. The molecule has 0 unspecified atom stereocenters. The molecule has 0 spiro atoms. The minimum Gasteiger partial charge on any atom is -0.507 e. The fourth-order valence-corrected chi connectivity index (χ4v) is 3.64. The lowest BCUT2D eigenvalue weighted by atomic mass is 9.81. The van der Waals surface area contributed by atoms with Crippen molar-refractivity contribution in [1.82, 2.24) is 10.6 Å². The van der Waals surface area contributed by atoms with Crippen LogP contribution in [0.25, 0.3) is 0 Å². The van der Waals surface area contributed by atoms with Crippen molar-refractivity contribution in [3.63, 3.8) is 0 Å². The maximum Gasteiger partial charge on any atom is 0.200 e. The van der Waals surface area contributed by atoms with Crippen LogP contribution in [0.3, 0.4) is 0 Å². The normalized spacial score (nSPS) is 11.4. The molecule has 0 amide bonds. The Bertz CT molecular complexity index is 932. The molecule has 0 heterocycles. The van der Waals surface area contributed by atoms with Gasteiger partial charge in [-0.1, -0.05) is 0 Å². The number of aliphatic hydroxyl groups is 2. The maximum atomic E-state index is 13.4. The molecular formula is C22H31Cl3N4O6. The van der Waals surface area contributed by atoms with Crippen molar-refractivity contribution in [1.29, 1.82) is 0 Å². The number of aromatic hydroxyl groups is 2. The molecule has 0 atom stereocenters. The van der Waals surface area contributed by atoms with Crippen molar-refractivity contribution >= 4 is 60.2 Å². The highest BCUT2D eigenvalue weighted by Gasteiger charge is 2.37. The molecule has 0 saturated heterocycles. The number of nitrogens with one attached hydrogen (secondary N) is 4. The van der Waals surface area contributed by atoms with E-state index in [0.717, 1.165) is 0 Å². The minimum atomic E-state index is -0.559. The first kappa shape index (κ1) is 32.7. The van der Waals surface area contributed by atoms with Gasteiger partial charge in [0.1, 0.15) is 11.5 Å². The summed E-state index contributed by atoms with van der Waals surface area (Å²) in [7, 11) is 0. The van der Waals surface area contributed by atoms with Crippen LogP contribution in [0, 0.1) is 0 Å². The van der Waals surface area contributed by atoms with Gasteiger partial charge in [-0.2, -0.15) is 0 Å². The molecule has 35 heavy (non-hydrogen) atoms. The molecule has 1 aliphatic rings. The van der Waals surface area contributed by atoms with Gasteiger partial charge in [0, 0.05) is 50.6 Å². The van der Waals surface area contributed by atoms with Crippen molar-refractivity contribution in [2.75, 3.05) is 63.1 Å². The maximum absolute atomic E-state index is 13.4. The Morgan fingerprint density at radius 3 is 1.26 bits per heavy atom. The number of hydrogen-bond acceptors (Lipinski definition) is 10. The standard InChI is InChI=1S/C22H28N4O6.3ClH/c27-11-9-23-5-7-25-13-1-2-14(26-8-6-24-10-12-28)18-17(13)21(31)19-15(29)3-4-16(30)20(19)22(18)32;;;/h1-4,23-30H,5-12H2;3*1H. The zero-order chi connectivity index (χ0) is 23.1. The third-order valence-electron chi connectivity index (χ3n) is 5.09. The third kappa shape index (κ3) is 7.34. The number of phenolic OH excluding ortho intramolecular Hbond substituents is 2. The predicted molar refractivity (Wildman–Crippen MR) is 142 cm³/mol. The molecule has 0 saturated carbocycles. The molecule has 0 aliphatic heterocycles. The molecule has 10 nitrogen and oxygen atoms in total. The number of carbonyl (C=O) groups excluding carboxylic acids is 2. The van der Waals surface area contributed by atoms with Gasteiger partial charge in [-0.05, 0) is 24.3 Å². The Kier molecular flexibility index (Phi) is 14.6. The van der Waals surface area contributed by atoms with Gasteiger partial charge in [-0.3, -0.25) is 9.59 Å². The van der Waals surface area contributed by atoms with E-state index in [0.29, 0.717) is 50.6 Å². The predicted octanol–water partition coefficient (Wildman–Crippen LogP) is 1.13. The van der Waals surface area contributed by atoms with Crippen molar-refractivity contribution in [2.45, 2.75) is 0 Å². The Hall–Kier alpha value is -2.31. The van der Waals surface area contributed by atoms with Crippen molar-refractivity contribution in [3.8, 4) is 11.5 Å². The van der Waals surface area contributed by atoms with Gasteiger partial charge in [0.2, 0.25) is 11.6 Å². The number of fused-ring (bicyclic) bond motifs is 2. The van der Waals surface area contributed by atoms with Gasteiger partial charge in [0.15, 0.2) is 0 Å². The molecule has 13 heteroatoms. The number of aliphatic hydroxyl groups excluding tert-OH is 2. The Morgan fingerprint density at radius 1 is 0.543 bits per heavy atom. The van der Waals surface area contributed by atoms with E-state index in [2.05, 4.69) is 21.3 Å². The third-order valence-corrected chi connectivity index (χ3v) is 5.09. The summed E-state index contributed by atoms with van der Waals surface area (Å²) >= 11 is 0. The van der Waals surface area contributed by atoms with E-state index in [1.165, 1.54) is 12.1 Å². The lowest BCUT2D eigenvalue weighted by Crippen LogP contribution is -2.28. The van der Waals surface area contributed by atoms with Crippen LogP contribution < -0.4 is 21.3 Å². The number of rotatable bonds is 12. The molecule has 2 aromatic carbocycles. The summed E-state index contributed by atoms with van der Waals surface area (Å²) in [6, 6.07) is 5.74. The van der Waals surface area contributed by atoms with Crippen molar-refractivity contribution in [2.24, 2.45) is 0 Å². The average molecular weight is 554 g/mol. The summed E-state index contributed by atoms with van der Waals surface area (Å²) in [5.41, 5.74) is 0.678. The summed E-state index contributed by atoms with van der Waals surface area (Å²) in [4.78, 5) is 26.7. The summed E-state index contributed by atoms with van der Waals surface area (Å²) in [5, 5.41) is 50.6. The topological polar surface area (TPSA) is 163 Å². The molecule has 3 rings (SSSR count). The van der Waals surface area contributed by atoms with Crippen LogP contribution in [-0.2, 0) is 0 Å². The molecule has 0 aromatic heterocycles. The first-order valence-electron chi connectivity index (χ1n) is 10.4. The Morgan fingerprint density at radius 2 is 0.914 bits per heavy atom. The minimum absolute atomic E-state index is 0. The van der Waals surface area contributed by atoms with Crippen LogP contribution in [0.2, 0.25) is 0 Å². The van der Waals surface area contributed by atoms with Crippen LogP contribution >= 0.6 is 37.2 Å². The van der Waals surface area contributed by atoms with Crippen LogP contribution in [0.4, 0.5) is 11.4 Å². The quantitative estimate of drug-likeness (QED) is 0.120. The number of benzene rings is 2. The van der Waals surface area contributed by atoms with E-state index in [1.54, 1.807) is 12.1 Å². The highest BCUT2D eigenvalue weighted by Crippen LogP contribution is 2.42. The zero-order valence-electron chi connectivity index (χ0n) is 18.8. The fraction of sp³-hybridized carbons (Fsp3) is 0.364. The van der Waals surface area contributed by atoms with Gasteiger partial charge in [0.05, 0.1) is 35.5 Å². The Balaban J connectivity index is 0.00000385. The zero-order valence-corrected chi connectivity index (χ0v) is 21.2. The number of anilines is 2. The van der Waals surface area contributed by atoms with Crippen LogP contribution in [0.1, 0.15) is 31.8 Å². The van der Waals surface area contributed by atoms with E-state index in [-0.39, 0.29) is 84.2 Å². The first-order valence-corrected chi connectivity index (χ1v) is 10.4. The number of hydrogen-bond donors (Lipinski definition) is 8. The van der Waals surface area contributed by atoms with Crippen LogP contribution in [0.5, 0.6) is 11.5 Å². The van der Waals surface area contributed by atoms with Crippen molar-refractivity contribution < 1.29 is 30.0 Å². The van der Waals surface area contributed by atoms with Gasteiger partial charge in [-0.25, -0.2) is 0 Å². The number of phenols is 2. The monoisotopic (exact) mass is 552 g/mol. The summed E-state index contributed by atoms with van der Waals surface area (Å²) < 4.78 is 0.